The highest BCUT2D eigenvalue weighted by Gasteiger charge is 2.28. The second-order valence-electron chi connectivity index (χ2n) is 6.86. The normalized spacial score (nSPS) is 24.1. The second kappa shape index (κ2) is 6.41. The zero-order chi connectivity index (χ0) is 13.9. The molecule has 1 aromatic rings. The van der Waals surface area contributed by atoms with Crippen LogP contribution >= 0.6 is 15.9 Å². The molecule has 1 nitrogen and oxygen atoms in total. The van der Waals surface area contributed by atoms with Crippen LogP contribution in [-0.4, -0.2) is 12.1 Å². The van der Waals surface area contributed by atoms with Crippen LogP contribution < -0.4 is 5.32 Å². The van der Waals surface area contributed by atoms with Gasteiger partial charge >= 0.3 is 0 Å². The molecule has 1 aromatic carbocycles. The van der Waals surface area contributed by atoms with Crippen molar-refractivity contribution in [1.82, 2.24) is 5.32 Å². The first kappa shape index (κ1) is 15.1. The topological polar surface area (TPSA) is 12.0 Å². The second-order valence-corrected chi connectivity index (χ2v) is 7.77. The molecule has 1 aliphatic rings. The van der Waals surface area contributed by atoms with Gasteiger partial charge in [0.1, 0.15) is 0 Å². The molecule has 2 unspecified atom stereocenters. The van der Waals surface area contributed by atoms with Gasteiger partial charge in [0.2, 0.25) is 0 Å². The highest BCUT2D eigenvalue weighted by atomic mass is 79.9. The molecule has 0 radical (unpaired) electrons. The number of nitrogens with one attached hydrogen (secondary N) is 1. The summed E-state index contributed by atoms with van der Waals surface area (Å²) in [6, 6.07) is 9.95. The lowest BCUT2D eigenvalue weighted by Gasteiger charge is -2.37. The molecule has 1 fully saturated rings. The van der Waals surface area contributed by atoms with E-state index in [0.29, 0.717) is 17.5 Å². The van der Waals surface area contributed by atoms with Crippen molar-refractivity contribution in [2.45, 2.75) is 65.0 Å². The van der Waals surface area contributed by atoms with E-state index in [2.05, 4.69) is 66.3 Å². The van der Waals surface area contributed by atoms with Crippen molar-refractivity contribution < 1.29 is 0 Å². The Hall–Kier alpha value is -0.340. The van der Waals surface area contributed by atoms with Crippen LogP contribution in [0.4, 0.5) is 0 Å². The van der Waals surface area contributed by atoms with Crippen LogP contribution in [-0.2, 0) is 6.42 Å². The minimum Gasteiger partial charge on any atom is -0.311 e. The third-order valence-electron chi connectivity index (χ3n) is 4.18. The van der Waals surface area contributed by atoms with Crippen molar-refractivity contribution in [2.24, 2.45) is 5.41 Å². The molecule has 2 rings (SSSR count). The molecule has 0 spiro atoms. The van der Waals surface area contributed by atoms with Gasteiger partial charge in [-0.1, -0.05) is 48.3 Å². The number of hydrogen-bond acceptors (Lipinski definition) is 1. The lowest BCUT2D eigenvalue weighted by molar-refractivity contribution is 0.190. The molecule has 2 heteroatoms. The largest absolute Gasteiger partial charge is 0.311 e. The number of rotatable bonds is 4. The van der Waals surface area contributed by atoms with Crippen LogP contribution in [0, 0.1) is 5.41 Å². The average molecular weight is 324 g/mol. The molecule has 0 aromatic heterocycles. The van der Waals surface area contributed by atoms with Gasteiger partial charge in [0.25, 0.3) is 0 Å². The Labute approximate surface area is 126 Å². The maximum Gasteiger partial charge on any atom is 0.0175 e. The van der Waals surface area contributed by atoms with Crippen LogP contribution in [0.25, 0.3) is 0 Å². The first-order chi connectivity index (χ1) is 8.94. The zero-order valence-corrected chi connectivity index (χ0v) is 14.0. The zero-order valence-electron chi connectivity index (χ0n) is 12.4. The standard InChI is InChI=1S/C17H26BrN/c1-13(11-14-6-8-15(18)9-7-14)19-16-5-4-10-17(2,3)12-16/h6-9,13,16,19H,4-5,10-12H2,1-3H3. The molecule has 0 bridgehead atoms. The van der Waals surface area contributed by atoms with Crippen LogP contribution in [0.3, 0.4) is 0 Å². The fraction of sp³-hybridized carbons (Fsp3) is 0.647. The van der Waals surface area contributed by atoms with Gasteiger partial charge in [-0.15, -0.1) is 0 Å². The van der Waals surface area contributed by atoms with E-state index < -0.39 is 0 Å². The molecule has 0 amide bonds. The van der Waals surface area contributed by atoms with Gasteiger partial charge in [0, 0.05) is 16.6 Å². The minimum atomic E-state index is 0.521. The summed E-state index contributed by atoms with van der Waals surface area (Å²) in [7, 11) is 0. The summed E-state index contributed by atoms with van der Waals surface area (Å²) in [4.78, 5) is 0. The van der Waals surface area contributed by atoms with Crippen molar-refractivity contribution in [3.8, 4) is 0 Å². The Morgan fingerprint density at radius 1 is 1.32 bits per heavy atom. The fourth-order valence-electron chi connectivity index (χ4n) is 3.28. The van der Waals surface area contributed by atoms with E-state index in [1.165, 1.54) is 31.2 Å². The van der Waals surface area contributed by atoms with Crippen molar-refractivity contribution in [2.75, 3.05) is 0 Å². The van der Waals surface area contributed by atoms with Crippen molar-refractivity contribution in [1.29, 1.82) is 0 Å². The quantitative estimate of drug-likeness (QED) is 0.827. The van der Waals surface area contributed by atoms with E-state index in [-0.39, 0.29) is 0 Å². The summed E-state index contributed by atoms with van der Waals surface area (Å²) in [5.74, 6) is 0. The highest BCUT2D eigenvalue weighted by molar-refractivity contribution is 9.10. The van der Waals surface area contributed by atoms with Gasteiger partial charge in [-0.2, -0.15) is 0 Å². The lowest BCUT2D eigenvalue weighted by atomic mass is 9.75. The lowest BCUT2D eigenvalue weighted by Crippen LogP contribution is -2.42. The highest BCUT2D eigenvalue weighted by Crippen LogP contribution is 2.35. The summed E-state index contributed by atoms with van der Waals surface area (Å²) in [6.45, 7) is 7.12. The summed E-state index contributed by atoms with van der Waals surface area (Å²) in [5, 5.41) is 3.83. The number of halogens is 1. The molecule has 2 atom stereocenters. The van der Waals surface area contributed by atoms with Gasteiger partial charge in [-0.25, -0.2) is 0 Å². The monoisotopic (exact) mass is 323 g/mol. The van der Waals surface area contributed by atoms with E-state index >= 15 is 0 Å². The van der Waals surface area contributed by atoms with E-state index in [0.717, 1.165) is 10.9 Å². The van der Waals surface area contributed by atoms with Crippen LogP contribution in [0.5, 0.6) is 0 Å². The third kappa shape index (κ3) is 4.92. The van der Waals surface area contributed by atoms with Crippen LogP contribution in [0.1, 0.15) is 52.0 Å². The Kier molecular flexibility index (Phi) is 5.08. The van der Waals surface area contributed by atoms with Gasteiger partial charge in [0.15, 0.2) is 0 Å². The van der Waals surface area contributed by atoms with E-state index in [4.69, 9.17) is 0 Å². The van der Waals surface area contributed by atoms with Crippen molar-refractivity contribution >= 4 is 15.9 Å². The first-order valence-corrected chi connectivity index (χ1v) is 8.24. The van der Waals surface area contributed by atoms with E-state index in [1.807, 2.05) is 0 Å². The van der Waals surface area contributed by atoms with Gasteiger partial charge in [-0.3, -0.25) is 0 Å². The predicted octanol–water partition coefficient (Wildman–Crippen LogP) is 4.94. The maximum atomic E-state index is 3.83. The molecular formula is C17H26BrN. The van der Waals surface area contributed by atoms with Gasteiger partial charge in [0.05, 0.1) is 0 Å². The summed E-state index contributed by atoms with van der Waals surface area (Å²) < 4.78 is 1.16. The number of benzene rings is 1. The average Bonchev–Trinajstić information content (AvgIpc) is 2.30. The molecule has 0 heterocycles. The van der Waals surface area contributed by atoms with E-state index in [1.54, 1.807) is 0 Å². The molecule has 0 saturated heterocycles. The smallest absolute Gasteiger partial charge is 0.0175 e. The Morgan fingerprint density at radius 3 is 2.63 bits per heavy atom. The maximum absolute atomic E-state index is 3.83. The Bertz CT molecular complexity index is 396. The minimum absolute atomic E-state index is 0.521. The summed E-state index contributed by atoms with van der Waals surface area (Å²) in [6.07, 6.45) is 6.53. The third-order valence-corrected chi connectivity index (χ3v) is 4.71. The summed E-state index contributed by atoms with van der Waals surface area (Å²) >= 11 is 3.49. The SMILES string of the molecule is CC(Cc1ccc(Br)cc1)NC1CCCC(C)(C)C1. The Morgan fingerprint density at radius 2 is 2.00 bits per heavy atom. The van der Waals surface area contributed by atoms with Gasteiger partial charge < -0.3 is 5.32 Å². The van der Waals surface area contributed by atoms with Crippen molar-refractivity contribution in [3.63, 3.8) is 0 Å². The van der Waals surface area contributed by atoms with Crippen molar-refractivity contribution in [3.05, 3.63) is 34.3 Å². The molecule has 106 valence electrons. The fourth-order valence-corrected chi connectivity index (χ4v) is 3.54. The molecule has 1 aliphatic carbocycles. The Balaban J connectivity index is 1.84. The molecule has 1 N–H and O–H groups in total. The van der Waals surface area contributed by atoms with Gasteiger partial charge in [-0.05, 0) is 55.7 Å². The molecule has 19 heavy (non-hydrogen) atoms. The number of hydrogen-bond donors (Lipinski definition) is 1. The summed E-state index contributed by atoms with van der Waals surface area (Å²) in [5.41, 5.74) is 1.94. The van der Waals surface area contributed by atoms with Crippen LogP contribution in [0.15, 0.2) is 28.7 Å². The van der Waals surface area contributed by atoms with Crippen LogP contribution in [0.2, 0.25) is 0 Å². The predicted molar refractivity (Wildman–Crippen MR) is 86.5 cm³/mol. The molecular weight excluding hydrogens is 298 g/mol. The first-order valence-electron chi connectivity index (χ1n) is 7.45. The molecule has 0 aliphatic heterocycles. The molecule has 1 saturated carbocycles. The van der Waals surface area contributed by atoms with E-state index in [9.17, 15) is 0 Å².